The van der Waals surface area contributed by atoms with E-state index in [1.54, 1.807) is 0 Å². The van der Waals surface area contributed by atoms with Crippen LogP contribution in [0.4, 0.5) is 0 Å². The smallest absolute Gasteiger partial charge is 0.236 e. The molecule has 3 heteroatoms. The summed E-state index contributed by atoms with van der Waals surface area (Å²) in [4.78, 5) is 26.6. The molecule has 1 aromatic carbocycles. The van der Waals surface area contributed by atoms with Crippen molar-refractivity contribution >= 4 is 11.7 Å². The van der Waals surface area contributed by atoms with Gasteiger partial charge in [0.15, 0.2) is 0 Å². The van der Waals surface area contributed by atoms with E-state index in [1.807, 2.05) is 49.1 Å². The Morgan fingerprint density at radius 2 is 1.95 bits per heavy atom. The van der Waals surface area contributed by atoms with Crippen molar-refractivity contribution in [2.75, 3.05) is 6.54 Å². The van der Waals surface area contributed by atoms with Crippen LogP contribution in [0, 0.1) is 11.3 Å². The molecule has 1 aliphatic carbocycles. The summed E-state index contributed by atoms with van der Waals surface area (Å²) in [5.74, 6) is 0.361. The zero-order chi connectivity index (χ0) is 13.6. The summed E-state index contributed by atoms with van der Waals surface area (Å²) in [7, 11) is 0. The van der Waals surface area contributed by atoms with Gasteiger partial charge in [0.25, 0.3) is 0 Å². The summed E-state index contributed by atoms with van der Waals surface area (Å²) < 4.78 is 0. The van der Waals surface area contributed by atoms with Gasteiger partial charge in [-0.1, -0.05) is 30.3 Å². The van der Waals surface area contributed by atoms with Crippen LogP contribution < -0.4 is 0 Å². The third kappa shape index (κ3) is 1.64. The van der Waals surface area contributed by atoms with Crippen LogP contribution in [0.1, 0.15) is 38.3 Å². The molecule has 3 atom stereocenters. The summed E-state index contributed by atoms with van der Waals surface area (Å²) in [6, 6.07) is 10.1. The monoisotopic (exact) mass is 257 g/mol. The lowest BCUT2D eigenvalue weighted by Crippen LogP contribution is -2.38. The second kappa shape index (κ2) is 4.19. The maximum absolute atomic E-state index is 12.6. The van der Waals surface area contributed by atoms with Gasteiger partial charge in [-0.25, -0.2) is 0 Å². The quantitative estimate of drug-likeness (QED) is 0.764. The summed E-state index contributed by atoms with van der Waals surface area (Å²) in [6.07, 6.45) is 1.43. The summed E-state index contributed by atoms with van der Waals surface area (Å²) >= 11 is 0. The van der Waals surface area contributed by atoms with E-state index in [-0.39, 0.29) is 23.7 Å². The van der Waals surface area contributed by atoms with E-state index in [1.165, 1.54) is 0 Å². The van der Waals surface area contributed by atoms with Gasteiger partial charge in [0.1, 0.15) is 11.2 Å². The third-order valence-corrected chi connectivity index (χ3v) is 4.99. The molecule has 3 rings (SSSR count). The van der Waals surface area contributed by atoms with Gasteiger partial charge >= 0.3 is 0 Å². The molecule has 0 radical (unpaired) electrons. The van der Waals surface area contributed by atoms with Crippen molar-refractivity contribution < 1.29 is 9.59 Å². The highest BCUT2D eigenvalue weighted by Gasteiger charge is 2.59. The lowest BCUT2D eigenvalue weighted by atomic mass is 9.81. The number of ketones is 1. The van der Waals surface area contributed by atoms with Gasteiger partial charge in [-0.2, -0.15) is 0 Å². The highest BCUT2D eigenvalue weighted by molar-refractivity contribution is 6.09. The number of benzene rings is 1. The second-order valence-electron chi connectivity index (χ2n) is 5.91. The lowest BCUT2D eigenvalue weighted by Gasteiger charge is -2.27. The van der Waals surface area contributed by atoms with Gasteiger partial charge in [0.2, 0.25) is 5.91 Å². The van der Waals surface area contributed by atoms with E-state index >= 15 is 0 Å². The molecule has 2 fully saturated rings. The molecule has 1 saturated carbocycles. The van der Waals surface area contributed by atoms with E-state index in [2.05, 4.69) is 0 Å². The fraction of sp³-hybridized carbons (Fsp3) is 0.500. The van der Waals surface area contributed by atoms with Crippen molar-refractivity contribution in [3.63, 3.8) is 0 Å². The molecule has 1 aromatic rings. The highest BCUT2D eigenvalue weighted by Crippen LogP contribution is 2.48. The minimum Gasteiger partial charge on any atom is -0.335 e. The number of fused-ring (bicyclic) bond motifs is 1. The average molecular weight is 257 g/mol. The van der Waals surface area contributed by atoms with Gasteiger partial charge in [-0.15, -0.1) is 0 Å². The largest absolute Gasteiger partial charge is 0.335 e. The standard InChI is InChI=1S/C16H19NO2/c1-11(12-6-4-3-5-7-12)17-10-13-8-9-14(18)16(13,2)15(17)19/h3-7,11,13H,8-10H2,1-2H3/t11?,13?,16-/m1/s1. The van der Waals surface area contributed by atoms with Crippen molar-refractivity contribution in [1.29, 1.82) is 0 Å². The molecule has 0 N–H and O–H groups in total. The molecule has 2 aliphatic rings. The van der Waals surface area contributed by atoms with Crippen molar-refractivity contribution in [3.05, 3.63) is 35.9 Å². The number of Topliss-reactive ketones (excluding diaryl/α,β-unsaturated/α-hetero) is 1. The number of carbonyl (C=O) groups excluding carboxylic acids is 2. The summed E-state index contributed by atoms with van der Waals surface area (Å²) in [5, 5.41) is 0. The van der Waals surface area contributed by atoms with Crippen LogP contribution in [0.15, 0.2) is 30.3 Å². The van der Waals surface area contributed by atoms with Gasteiger partial charge in [0.05, 0.1) is 6.04 Å². The van der Waals surface area contributed by atoms with Crippen molar-refractivity contribution in [2.45, 2.75) is 32.7 Å². The zero-order valence-corrected chi connectivity index (χ0v) is 11.4. The Bertz CT molecular complexity index is 525. The molecule has 0 bridgehead atoms. The minimum atomic E-state index is -0.747. The highest BCUT2D eigenvalue weighted by atomic mass is 16.2. The van der Waals surface area contributed by atoms with Gasteiger partial charge in [0, 0.05) is 13.0 Å². The molecule has 0 spiro atoms. The first kappa shape index (κ1) is 12.4. The zero-order valence-electron chi connectivity index (χ0n) is 11.4. The predicted molar refractivity (Wildman–Crippen MR) is 72.4 cm³/mol. The number of rotatable bonds is 2. The number of likely N-dealkylation sites (tertiary alicyclic amines) is 1. The van der Waals surface area contributed by atoms with Gasteiger partial charge in [-0.05, 0) is 31.7 Å². The number of nitrogens with zero attached hydrogens (tertiary/aromatic N) is 1. The molecule has 2 unspecified atom stereocenters. The molecule has 19 heavy (non-hydrogen) atoms. The maximum Gasteiger partial charge on any atom is 0.236 e. The Hall–Kier alpha value is -1.64. The molecule has 100 valence electrons. The van der Waals surface area contributed by atoms with E-state index in [0.717, 1.165) is 18.5 Å². The van der Waals surface area contributed by atoms with Gasteiger partial charge < -0.3 is 4.90 Å². The topological polar surface area (TPSA) is 37.4 Å². The van der Waals surface area contributed by atoms with Crippen molar-refractivity contribution in [3.8, 4) is 0 Å². The fourth-order valence-corrected chi connectivity index (χ4v) is 3.51. The molecular formula is C16H19NO2. The third-order valence-electron chi connectivity index (χ3n) is 4.99. The first-order valence-corrected chi connectivity index (χ1v) is 6.94. The first-order valence-electron chi connectivity index (χ1n) is 6.94. The summed E-state index contributed by atoms with van der Waals surface area (Å²) in [5.41, 5.74) is 0.384. The van der Waals surface area contributed by atoms with E-state index in [9.17, 15) is 9.59 Å². The van der Waals surface area contributed by atoms with Crippen LogP contribution in [-0.4, -0.2) is 23.1 Å². The predicted octanol–water partition coefficient (Wildman–Crippen LogP) is 2.58. The molecule has 1 amide bonds. The van der Waals surface area contributed by atoms with Crippen LogP contribution in [-0.2, 0) is 9.59 Å². The van der Waals surface area contributed by atoms with E-state index < -0.39 is 5.41 Å². The number of hydrogen-bond acceptors (Lipinski definition) is 2. The minimum absolute atomic E-state index is 0.0244. The molecular weight excluding hydrogens is 238 g/mol. The number of carbonyl (C=O) groups is 2. The van der Waals surface area contributed by atoms with Crippen LogP contribution in [0.2, 0.25) is 0 Å². The van der Waals surface area contributed by atoms with E-state index in [0.29, 0.717) is 6.42 Å². The number of amides is 1. The summed E-state index contributed by atoms with van der Waals surface area (Å²) in [6.45, 7) is 4.60. The maximum atomic E-state index is 12.6. The van der Waals surface area contributed by atoms with Crippen LogP contribution in [0.5, 0.6) is 0 Å². The SMILES string of the molecule is CC(c1ccccc1)N1CC2CCC(=O)[C@]2(C)C1=O. The van der Waals surface area contributed by atoms with Crippen molar-refractivity contribution in [1.82, 2.24) is 4.90 Å². The normalized spacial score (nSPS) is 31.7. The molecule has 1 saturated heterocycles. The Kier molecular flexibility index (Phi) is 2.73. The fourth-order valence-electron chi connectivity index (χ4n) is 3.51. The number of hydrogen-bond donors (Lipinski definition) is 0. The molecule has 1 aliphatic heterocycles. The van der Waals surface area contributed by atoms with Crippen LogP contribution >= 0.6 is 0 Å². The second-order valence-corrected chi connectivity index (χ2v) is 5.91. The lowest BCUT2D eigenvalue weighted by molar-refractivity contribution is -0.143. The van der Waals surface area contributed by atoms with Gasteiger partial charge in [-0.3, -0.25) is 9.59 Å². The Balaban J connectivity index is 1.89. The van der Waals surface area contributed by atoms with Crippen LogP contribution in [0.3, 0.4) is 0 Å². The molecule has 0 aromatic heterocycles. The van der Waals surface area contributed by atoms with Crippen LogP contribution in [0.25, 0.3) is 0 Å². The van der Waals surface area contributed by atoms with Crippen molar-refractivity contribution in [2.24, 2.45) is 11.3 Å². The Morgan fingerprint density at radius 3 is 2.58 bits per heavy atom. The van der Waals surface area contributed by atoms with E-state index in [4.69, 9.17) is 0 Å². The molecule has 1 heterocycles. The Labute approximate surface area is 113 Å². The Morgan fingerprint density at radius 1 is 1.26 bits per heavy atom. The average Bonchev–Trinajstić information content (AvgIpc) is 2.86. The molecule has 3 nitrogen and oxygen atoms in total. The first-order chi connectivity index (χ1) is 9.05.